The van der Waals surface area contributed by atoms with Gasteiger partial charge in [0.2, 0.25) is 5.91 Å². The van der Waals surface area contributed by atoms with Crippen molar-refractivity contribution in [3.05, 3.63) is 0 Å². The van der Waals surface area contributed by atoms with Crippen LogP contribution in [0.1, 0.15) is 39.0 Å². The fourth-order valence-electron chi connectivity index (χ4n) is 2.29. The van der Waals surface area contributed by atoms with Gasteiger partial charge in [-0.2, -0.15) is 5.26 Å². The first-order chi connectivity index (χ1) is 8.19. The van der Waals surface area contributed by atoms with Crippen molar-refractivity contribution in [1.82, 2.24) is 10.2 Å². The number of nitrogens with one attached hydrogen (secondary N) is 1. The number of nitrogens with zero attached hydrogens (tertiary/aromatic N) is 2. The number of carbonyl (C=O) groups excluding carboxylic acids is 1. The SMILES string of the molecule is CCCC(C#N)C(=O)NCC1CCCCN1C. The molecule has 1 saturated heterocycles. The summed E-state index contributed by atoms with van der Waals surface area (Å²) < 4.78 is 0. The van der Waals surface area contributed by atoms with Gasteiger partial charge in [-0.25, -0.2) is 0 Å². The average Bonchev–Trinajstić information content (AvgIpc) is 2.34. The molecule has 0 bridgehead atoms. The van der Waals surface area contributed by atoms with Crippen molar-refractivity contribution in [2.24, 2.45) is 5.92 Å². The van der Waals surface area contributed by atoms with E-state index in [4.69, 9.17) is 5.26 Å². The third kappa shape index (κ3) is 4.35. The van der Waals surface area contributed by atoms with Crippen molar-refractivity contribution in [1.29, 1.82) is 5.26 Å². The topological polar surface area (TPSA) is 56.1 Å². The molecule has 0 aromatic carbocycles. The van der Waals surface area contributed by atoms with Crippen LogP contribution in [0.2, 0.25) is 0 Å². The first-order valence-corrected chi connectivity index (χ1v) is 6.56. The van der Waals surface area contributed by atoms with Crippen LogP contribution in [0.4, 0.5) is 0 Å². The second-order valence-corrected chi connectivity index (χ2v) is 4.85. The van der Waals surface area contributed by atoms with Gasteiger partial charge in [0.1, 0.15) is 5.92 Å². The lowest BCUT2D eigenvalue weighted by Gasteiger charge is -2.32. The number of rotatable bonds is 5. The van der Waals surface area contributed by atoms with E-state index >= 15 is 0 Å². The zero-order chi connectivity index (χ0) is 12.7. The lowest BCUT2D eigenvalue weighted by molar-refractivity contribution is -0.123. The Bertz CT molecular complexity index is 285. The Balaban J connectivity index is 2.33. The summed E-state index contributed by atoms with van der Waals surface area (Å²) in [6.45, 7) is 3.78. The molecule has 4 heteroatoms. The molecule has 1 aliphatic heterocycles. The number of hydrogen-bond donors (Lipinski definition) is 1. The van der Waals surface area contributed by atoms with Crippen LogP contribution in [-0.2, 0) is 4.79 Å². The zero-order valence-corrected chi connectivity index (χ0v) is 10.9. The minimum Gasteiger partial charge on any atom is -0.353 e. The van der Waals surface area contributed by atoms with Crippen molar-refractivity contribution in [3.8, 4) is 6.07 Å². The molecule has 0 radical (unpaired) electrons. The van der Waals surface area contributed by atoms with Gasteiger partial charge in [0, 0.05) is 12.6 Å². The monoisotopic (exact) mass is 237 g/mol. The van der Waals surface area contributed by atoms with Crippen LogP contribution in [0.5, 0.6) is 0 Å². The van der Waals surface area contributed by atoms with Crippen LogP contribution in [-0.4, -0.2) is 37.0 Å². The molecule has 1 aliphatic rings. The lowest BCUT2D eigenvalue weighted by atomic mass is 10.0. The predicted molar refractivity (Wildman–Crippen MR) is 67.3 cm³/mol. The normalized spacial score (nSPS) is 22.8. The zero-order valence-electron chi connectivity index (χ0n) is 10.9. The Morgan fingerprint density at radius 2 is 2.35 bits per heavy atom. The van der Waals surface area contributed by atoms with Gasteiger partial charge in [0.25, 0.3) is 0 Å². The van der Waals surface area contributed by atoms with Gasteiger partial charge in [-0.15, -0.1) is 0 Å². The van der Waals surface area contributed by atoms with Crippen molar-refractivity contribution in [3.63, 3.8) is 0 Å². The molecule has 0 aromatic heterocycles. The second kappa shape index (κ2) is 7.29. The second-order valence-electron chi connectivity index (χ2n) is 4.85. The summed E-state index contributed by atoms with van der Waals surface area (Å²) in [5, 5.41) is 11.8. The summed E-state index contributed by atoms with van der Waals surface area (Å²) in [6.07, 6.45) is 5.15. The van der Waals surface area contributed by atoms with Gasteiger partial charge < -0.3 is 10.2 Å². The van der Waals surface area contributed by atoms with Gasteiger partial charge in [-0.1, -0.05) is 19.8 Å². The fraction of sp³-hybridized carbons (Fsp3) is 0.846. The molecule has 0 saturated carbocycles. The van der Waals surface area contributed by atoms with Crippen molar-refractivity contribution >= 4 is 5.91 Å². The Morgan fingerprint density at radius 1 is 1.59 bits per heavy atom. The maximum atomic E-state index is 11.8. The molecule has 0 aromatic rings. The van der Waals surface area contributed by atoms with E-state index < -0.39 is 5.92 Å². The van der Waals surface area contributed by atoms with Crippen LogP contribution in [0.3, 0.4) is 0 Å². The van der Waals surface area contributed by atoms with E-state index in [9.17, 15) is 4.79 Å². The summed E-state index contributed by atoms with van der Waals surface area (Å²) in [7, 11) is 2.10. The maximum Gasteiger partial charge on any atom is 0.237 e. The largest absolute Gasteiger partial charge is 0.353 e. The molecular formula is C13H23N3O. The summed E-state index contributed by atoms with van der Waals surface area (Å²) >= 11 is 0. The number of likely N-dealkylation sites (N-methyl/N-ethyl adjacent to an activating group) is 1. The van der Waals surface area contributed by atoms with E-state index in [1.165, 1.54) is 12.8 Å². The standard InChI is InChI=1S/C13H23N3O/c1-3-6-11(9-14)13(17)15-10-12-7-4-5-8-16(12)2/h11-12H,3-8,10H2,1-2H3,(H,15,17). The summed E-state index contributed by atoms with van der Waals surface area (Å²) in [6, 6.07) is 2.51. The Labute approximate surface area is 104 Å². The van der Waals surface area contributed by atoms with Gasteiger partial charge in [0.05, 0.1) is 6.07 Å². The Morgan fingerprint density at radius 3 is 2.94 bits per heavy atom. The van der Waals surface area contributed by atoms with Crippen molar-refractivity contribution < 1.29 is 4.79 Å². The highest BCUT2D eigenvalue weighted by molar-refractivity contribution is 5.80. The number of piperidine rings is 1. The Hall–Kier alpha value is -1.08. The molecule has 0 aliphatic carbocycles. The molecule has 1 fully saturated rings. The minimum atomic E-state index is -0.478. The average molecular weight is 237 g/mol. The predicted octanol–water partition coefficient (Wildman–Crippen LogP) is 1.53. The number of carbonyl (C=O) groups is 1. The first kappa shape index (κ1) is 14.0. The Kier molecular flexibility index (Phi) is 5.99. The van der Waals surface area contributed by atoms with Gasteiger partial charge in [0.15, 0.2) is 0 Å². The molecule has 4 nitrogen and oxygen atoms in total. The molecule has 17 heavy (non-hydrogen) atoms. The third-order valence-corrected chi connectivity index (χ3v) is 3.48. The number of amides is 1. The number of likely N-dealkylation sites (tertiary alicyclic amines) is 1. The summed E-state index contributed by atoms with van der Waals surface area (Å²) in [4.78, 5) is 14.1. The molecule has 0 spiro atoms. The lowest BCUT2D eigenvalue weighted by Crippen LogP contribution is -2.45. The van der Waals surface area contributed by atoms with Crippen LogP contribution < -0.4 is 5.32 Å². The summed E-state index contributed by atoms with van der Waals surface area (Å²) in [5.74, 6) is -0.581. The van der Waals surface area contributed by atoms with E-state index in [1.807, 2.05) is 6.92 Å². The smallest absolute Gasteiger partial charge is 0.237 e. The number of hydrogen-bond acceptors (Lipinski definition) is 3. The van der Waals surface area contributed by atoms with Gasteiger partial charge in [-0.3, -0.25) is 4.79 Å². The van der Waals surface area contributed by atoms with Crippen molar-refractivity contribution in [2.75, 3.05) is 20.1 Å². The molecule has 1 rings (SSSR count). The van der Waals surface area contributed by atoms with E-state index in [2.05, 4.69) is 23.3 Å². The number of nitriles is 1. The van der Waals surface area contributed by atoms with E-state index in [0.29, 0.717) is 19.0 Å². The molecular weight excluding hydrogens is 214 g/mol. The maximum absolute atomic E-state index is 11.8. The highest BCUT2D eigenvalue weighted by Crippen LogP contribution is 2.14. The molecule has 1 N–H and O–H groups in total. The van der Waals surface area contributed by atoms with Crippen LogP contribution >= 0.6 is 0 Å². The van der Waals surface area contributed by atoms with E-state index in [1.54, 1.807) is 0 Å². The van der Waals surface area contributed by atoms with E-state index in [-0.39, 0.29) is 5.91 Å². The molecule has 96 valence electrons. The van der Waals surface area contributed by atoms with Crippen molar-refractivity contribution in [2.45, 2.75) is 45.1 Å². The van der Waals surface area contributed by atoms with Crippen LogP contribution in [0.25, 0.3) is 0 Å². The molecule has 2 atom stereocenters. The molecule has 1 heterocycles. The van der Waals surface area contributed by atoms with Gasteiger partial charge in [-0.05, 0) is 32.9 Å². The van der Waals surface area contributed by atoms with Crippen LogP contribution in [0, 0.1) is 17.2 Å². The quantitative estimate of drug-likeness (QED) is 0.789. The fourth-order valence-corrected chi connectivity index (χ4v) is 2.29. The highest BCUT2D eigenvalue weighted by atomic mass is 16.1. The summed E-state index contributed by atoms with van der Waals surface area (Å²) in [5.41, 5.74) is 0. The minimum absolute atomic E-state index is 0.103. The molecule has 1 amide bonds. The third-order valence-electron chi connectivity index (χ3n) is 3.48. The van der Waals surface area contributed by atoms with Gasteiger partial charge >= 0.3 is 0 Å². The van der Waals surface area contributed by atoms with Crippen LogP contribution in [0.15, 0.2) is 0 Å². The highest BCUT2D eigenvalue weighted by Gasteiger charge is 2.21. The first-order valence-electron chi connectivity index (χ1n) is 6.56. The van der Waals surface area contributed by atoms with E-state index in [0.717, 1.165) is 19.4 Å². The molecule has 2 unspecified atom stereocenters.